The molecule has 1 fully saturated rings. The molecule has 0 spiro atoms. The van der Waals surface area contributed by atoms with Crippen LogP contribution in [-0.4, -0.2) is 17.0 Å². The second-order valence-electron chi connectivity index (χ2n) is 5.50. The van der Waals surface area contributed by atoms with Crippen LogP contribution in [0, 0.1) is 11.8 Å². The fourth-order valence-corrected chi connectivity index (χ4v) is 2.75. The van der Waals surface area contributed by atoms with Crippen molar-refractivity contribution >= 4 is 5.78 Å². The van der Waals surface area contributed by atoms with Gasteiger partial charge in [-0.3, -0.25) is 4.79 Å². The highest BCUT2D eigenvalue weighted by Gasteiger charge is 2.38. The van der Waals surface area contributed by atoms with Gasteiger partial charge in [-0.1, -0.05) is 50.5 Å². The number of hydrogen-bond donors (Lipinski definition) is 1. The first-order valence-electron chi connectivity index (χ1n) is 7.69. The lowest BCUT2D eigenvalue weighted by Crippen LogP contribution is -2.17. The van der Waals surface area contributed by atoms with Crippen LogP contribution in [0.15, 0.2) is 24.3 Å². The maximum absolute atomic E-state index is 11.8. The van der Waals surface area contributed by atoms with Gasteiger partial charge < -0.3 is 5.11 Å². The molecule has 1 N–H and O–H groups in total. The molecule has 0 aromatic rings. The van der Waals surface area contributed by atoms with Gasteiger partial charge in [-0.25, -0.2) is 0 Å². The number of ketones is 1. The molecule has 19 heavy (non-hydrogen) atoms. The van der Waals surface area contributed by atoms with Crippen molar-refractivity contribution in [1.82, 2.24) is 0 Å². The number of carbonyl (C=O) groups is 1. The van der Waals surface area contributed by atoms with E-state index in [1.807, 2.05) is 19.1 Å². The summed E-state index contributed by atoms with van der Waals surface area (Å²) in [4.78, 5) is 11.8. The highest BCUT2D eigenvalue weighted by molar-refractivity contribution is 5.84. The summed E-state index contributed by atoms with van der Waals surface area (Å²) in [6.07, 6.45) is 14.9. The summed E-state index contributed by atoms with van der Waals surface area (Å²) in [7, 11) is 0. The van der Waals surface area contributed by atoms with Crippen LogP contribution in [0.3, 0.4) is 0 Å². The average Bonchev–Trinajstić information content (AvgIpc) is 2.66. The number of aliphatic hydroxyl groups is 1. The number of carbonyl (C=O) groups excluding carboxylic acids is 1. The second-order valence-corrected chi connectivity index (χ2v) is 5.50. The van der Waals surface area contributed by atoms with Crippen LogP contribution >= 0.6 is 0 Å². The molecule has 1 aliphatic carbocycles. The Balaban J connectivity index is 2.43. The van der Waals surface area contributed by atoms with Gasteiger partial charge in [0.25, 0.3) is 0 Å². The largest absolute Gasteiger partial charge is 0.392 e. The van der Waals surface area contributed by atoms with E-state index in [-0.39, 0.29) is 17.6 Å². The third-order valence-electron chi connectivity index (χ3n) is 3.94. The van der Waals surface area contributed by atoms with Crippen molar-refractivity contribution in [3.8, 4) is 0 Å². The number of allylic oxidation sites excluding steroid dienone is 3. The first-order valence-corrected chi connectivity index (χ1v) is 7.69. The van der Waals surface area contributed by atoms with Crippen LogP contribution in [0.25, 0.3) is 0 Å². The molecule has 0 aliphatic heterocycles. The summed E-state index contributed by atoms with van der Waals surface area (Å²) >= 11 is 0. The molecule has 108 valence electrons. The predicted molar refractivity (Wildman–Crippen MR) is 79.9 cm³/mol. The van der Waals surface area contributed by atoms with E-state index in [0.717, 1.165) is 12.8 Å². The molecule has 0 aromatic heterocycles. The Bertz CT molecular complexity index is 317. The molecule has 0 amide bonds. The number of unbranched alkanes of at least 4 members (excludes halogenated alkanes) is 4. The molecule has 2 heteroatoms. The van der Waals surface area contributed by atoms with Crippen LogP contribution in [0.1, 0.15) is 58.8 Å². The van der Waals surface area contributed by atoms with Crippen LogP contribution < -0.4 is 0 Å². The molecule has 0 unspecified atom stereocenters. The lowest BCUT2D eigenvalue weighted by Gasteiger charge is -2.15. The molecule has 3 atom stereocenters. The zero-order valence-corrected chi connectivity index (χ0v) is 12.3. The molecular weight excluding hydrogens is 236 g/mol. The fraction of sp³-hybridized carbons (Fsp3) is 0.706. The van der Waals surface area contributed by atoms with Crippen molar-refractivity contribution in [2.45, 2.75) is 64.9 Å². The van der Waals surface area contributed by atoms with Gasteiger partial charge in [0.2, 0.25) is 0 Å². The van der Waals surface area contributed by atoms with Crippen molar-refractivity contribution in [3.63, 3.8) is 0 Å². The van der Waals surface area contributed by atoms with E-state index in [1.165, 1.54) is 25.7 Å². The summed E-state index contributed by atoms with van der Waals surface area (Å²) in [6, 6.07) is 0. The molecular formula is C17H28O2. The fourth-order valence-electron chi connectivity index (χ4n) is 2.75. The monoisotopic (exact) mass is 264 g/mol. The lowest BCUT2D eigenvalue weighted by atomic mass is 9.90. The van der Waals surface area contributed by atoms with Gasteiger partial charge >= 0.3 is 0 Å². The third kappa shape index (κ3) is 5.32. The van der Waals surface area contributed by atoms with E-state index in [2.05, 4.69) is 19.1 Å². The molecule has 0 bridgehead atoms. The standard InChI is InChI=1S/C17H28O2/c1-3-5-7-8-9-10-12-15-14(11-6-4-2)16(18)13-17(15)19/h4,6,10,12,14-15,17,19H,3,5,7-9,11,13H2,1-2H3/b6-4-,12-10-/t14-,15-,17-/m1/s1. The Labute approximate surface area is 117 Å². The Morgan fingerprint density at radius 1 is 1.26 bits per heavy atom. The summed E-state index contributed by atoms with van der Waals surface area (Å²) in [5.41, 5.74) is 0. The maximum Gasteiger partial charge on any atom is 0.139 e. The van der Waals surface area contributed by atoms with E-state index in [1.54, 1.807) is 0 Å². The van der Waals surface area contributed by atoms with E-state index in [9.17, 15) is 9.90 Å². The average molecular weight is 264 g/mol. The van der Waals surface area contributed by atoms with Gasteiger partial charge in [0.15, 0.2) is 0 Å². The zero-order valence-electron chi connectivity index (χ0n) is 12.3. The van der Waals surface area contributed by atoms with Crippen molar-refractivity contribution in [2.75, 3.05) is 0 Å². The van der Waals surface area contributed by atoms with E-state index >= 15 is 0 Å². The highest BCUT2D eigenvalue weighted by Crippen LogP contribution is 2.33. The number of aliphatic hydroxyl groups excluding tert-OH is 1. The first kappa shape index (κ1) is 16.2. The van der Waals surface area contributed by atoms with Crippen molar-refractivity contribution in [2.24, 2.45) is 11.8 Å². The van der Waals surface area contributed by atoms with Crippen LogP contribution in [-0.2, 0) is 4.79 Å². The van der Waals surface area contributed by atoms with Crippen LogP contribution in [0.2, 0.25) is 0 Å². The molecule has 2 nitrogen and oxygen atoms in total. The van der Waals surface area contributed by atoms with Gasteiger partial charge in [-0.2, -0.15) is 0 Å². The quantitative estimate of drug-likeness (QED) is 0.530. The van der Waals surface area contributed by atoms with Gasteiger partial charge in [0, 0.05) is 18.3 Å². The molecule has 0 aromatic carbocycles. The molecule has 1 rings (SSSR count). The van der Waals surface area contributed by atoms with Crippen molar-refractivity contribution < 1.29 is 9.90 Å². The Hall–Kier alpha value is -0.890. The van der Waals surface area contributed by atoms with Gasteiger partial charge in [0.1, 0.15) is 5.78 Å². The number of hydrogen-bond acceptors (Lipinski definition) is 2. The first-order chi connectivity index (χ1) is 9.20. The summed E-state index contributed by atoms with van der Waals surface area (Å²) < 4.78 is 0. The van der Waals surface area contributed by atoms with Crippen LogP contribution in [0.4, 0.5) is 0 Å². The zero-order chi connectivity index (χ0) is 14.1. The second kappa shape index (κ2) is 9.08. The summed E-state index contributed by atoms with van der Waals surface area (Å²) in [5.74, 6) is 0.221. The van der Waals surface area contributed by atoms with E-state index in [4.69, 9.17) is 0 Å². The van der Waals surface area contributed by atoms with Gasteiger partial charge in [0.05, 0.1) is 6.10 Å². The van der Waals surface area contributed by atoms with Crippen LogP contribution in [0.5, 0.6) is 0 Å². The number of rotatable bonds is 8. The predicted octanol–water partition coefficient (Wildman–Crippen LogP) is 4.05. The minimum absolute atomic E-state index is 0.0157. The maximum atomic E-state index is 11.8. The topological polar surface area (TPSA) is 37.3 Å². The summed E-state index contributed by atoms with van der Waals surface area (Å²) in [6.45, 7) is 4.18. The highest BCUT2D eigenvalue weighted by atomic mass is 16.3. The third-order valence-corrected chi connectivity index (χ3v) is 3.94. The van der Waals surface area contributed by atoms with Crippen molar-refractivity contribution in [1.29, 1.82) is 0 Å². The lowest BCUT2D eigenvalue weighted by molar-refractivity contribution is -0.121. The van der Waals surface area contributed by atoms with Crippen molar-refractivity contribution in [3.05, 3.63) is 24.3 Å². The van der Waals surface area contributed by atoms with Gasteiger partial charge in [-0.05, 0) is 26.2 Å². The van der Waals surface area contributed by atoms with Gasteiger partial charge in [-0.15, -0.1) is 0 Å². The molecule has 0 saturated heterocycles. The SMILES string of the molecule is C/C=C\C[C@H]1C(=O)C[C@@H](O)[C@@H]1/C=C\CCCCCC. The summed E-state index contributed by atoms with van der Waals surface area (Å²) in [5, 5.41) is 9.97. The molecule has 1 saturated carbocycles. The Morgan fingerprint density at radius 2 is 2.05 bits per heavy atom. The molecule has 1 aliphatic rings. The smallest absolute Gasteiger partial charge is 0.139 e. The minimum atomic E-state index is -0.477. The number of Topliss-reactive ketones (excluding diaryl/α,β-unsaturated/α-hetero) is 1. The van der Waals surface area contributed by atoms with E-state index < -0.39 is 6.10 Å². The molecule has 0 radical (unpaired) electrons. The normalized spacial score (nSPS) is 27.9. The minimum Gasteiger partial charge on any atom is -0.392 e. The van der Waals surface area contributed by atoms with E-state index in [0.29, 0.717) is 6.42 Å². The molecule has 0 heterocycles. The Morgan fingerprint density at radius 3 is 2.74 bits per heavy atom. The Kier molecular flexibility index (Phi) is 7.73.